The molecule has 1 heterocycles. The van der Waals surface area contributed by atoms with Gasteiger partial charge in [0.15, 0.2) is 0 Å². The molecule has 0 unspecified atom stereocenters. The summed E-state index contributed by atoms with van der Waals surface area (Å²) in [7, 11) is 0. The van der Waals surface area contributed by atoms with Crippen molar-refractivity contribution in [3.8, 4) is 5.75 Å². The van der Waals surface area contributed by atoms with E-state index in [2.05, 4.69) is 17.1 Å². The van der Waals surface area contributed by atoms with E-state index < -0.39 is 0 Å². The van der Waals surface area contributed by atoms with Gasteiger partial charge < -0.3 is 19.9 Å². The Morgan fingerprint density at radius 1 is 1.17 bits per heavy atom. The molecule has 1 saturated heterocycles. The molecule has 23 heavy (non-hydrogen) atoms. The molecule has 0 aliphatic carbocycles. The fourth-order valence-electron chi connectivity index (χ4n) is 2.52. The van der Waals surface area contributed by atoms with Crippen LogP contribution in [0, 0.1) is 0 Å². The minimum absolute atomic E-state index is 0.0550. The lowest BCUT2D eigenvalue weighted by Crippen LogP contribution is -2.51. The number of benzene rings is 1. The first kappa shape index (κ1) is 17.9. The molecule has 2 amide bonds. The third kappa shape index (κ3) is 6.28. The molecule has 1 aromatic rings. The number of rotatable bonds is 7. The highest BCUT2D eigenvalue weighted by molar-refractivity contribution is 6.30. The fraction of sp³-hybridized carbons (Fsp3) is 0.588. The van der Waals surface area contributed by atoms with Crippen LogP contribution in [0.2, 0.25) is 5.02 Å². The van der Waals surface area contributed by atoms with Crippen molar-refractivity contribution >= 4 is 17.6 Å². The van der Waals surface area contributed by atoms with Gasteiger partial charge in [0.2, 0.25) is 0 Å². The average Bonchev–Trinajstić information content (AvgIpc) is 2.59. The minimum atomic E-state index is 0.0550. The number of nitrogens with one attached hydrogen (secondary N) is 1. The Bertz CT molecular complexity index is 473. The van der Waals surface area contributed by atoms with E-state index in [0.717, 1.165) is 51.3 Å². The summed E-state index contributed by atoms with van der Waals surface area (Å²) in [6.45, 7) is 8.13. The molecule has 1 aliphatic heterocycles. The van der Waals surface area contributed by atoms with Gasteiger partial charge in [-0.05, 0) is 43.7 Å². The van der Waals surface area contributed by atoms with Gasteiger partial charge in [0.05, 0.1) is 6.61 Å². The number of hydrogen-bond acceptors (Lipinski definition) is 3. The largest absolute Gasteiger partial charge is 0.494 e. The number of amides is 2. The lowest BCUT2D eigenvalue weighted by Gasteiger charge is -2.34. The van der Waals surface area contributed by atoms with Gasteiger partial charge in [0.1, 0.15) is 5.75 Å². The van der Waals surface area contributed by atoms with Crippen molar-refractivity contribution in [2.45, 2.75) is 19.8 Å². The summed E-state index contributed by atoms with van der Waals surface area (Å²) in [5.41, 5.74) is 0. The van der Waals surface area contributed by atoms with Crippen molar-refractivity contribution in [3.63, 3.8) is 0 Å². The zero-order valence-electron chi connectivity index (χ0n) is 13.8. The number of carbonyl (C=O) groups is 1. The lowest BCUT2D eigenvalue weighted by atomic mass is 10.3. The highest BCUT2D eigenvalue weighted by Crippen LogP contribution is 2.15. The quantitative estimate of drug-likeness (QED) is 0.777. The van der Waals surface area contributed by atoms with Crippen LogP contribution >= 0.6 is 11.6 Å². The van der Waals surface area contributed by atoms with Crippen molar-refractivity contribution in [2.75, 3.05) is 45.9 Å². The maximum atomic E-state index is 12.0. The predicted octanol–water partition coefficient (Wildman–Crippen LogP) is 2.85. The van der Waals surface area contributed by atoms with Crippen LogP contribution in [0.25, 0.3) is 0 Å². The Morgan fingerprint density at radius 2 is 1.87 bits per heavy atom. The van der Waals surface area contributed by atoms with Gasteiger partial charge in [-0.15, -0.1) is 0 Å². The van der Waals surface area contributed by atoms with E-state index in [9.17, 15) is 4.79 Å². The van der Waals surface area contributed by atoms with Crippen LogP contribution in [-0.2, 0) is 0 Å². The van der Waals surface area contributed by atoms with Crippen LogP contribution in [0.3, 0.4) is 0 Å². The molecule has 6 heteroatoms. The van der Waals surface area contributed by atoms with Crippen molar-refractivity contribution in [3.05, 3.63) is 29.3 Å². The monoisotopic (exact) mass is 339 g/mol. The Kier molecular flexibility index (Phi) is 7.49. The minimum Gasteiger partial charge on any atom is -0.494 e. The summed E-state index contributed by atoms with van der Waals surface area (Å²) >= 11 is 5.82. The van der Waals surface area contributed by atoms with E-state index in [4.69, 9.17) is 16.3 Å². The zero-order valence-corrected chi connectivity index (χ0v) is 14.5. The highest BCUT2D eigenvalue weighted by atomic mass is 35.5. The average molecular weight is 340 g/mol. The fourth-order valence-corrected chi connectivity index (χ4v) is 2.65. The van der Waals surface area contributed by atoms with E-state index in [1.165, 1.54) is 0 Å². The molecule has 1 N–H and O–H groups in total. The standard InChI is InChI=1S/C17H26ClN3O2/c1-2-20-10-12-21(13-11-20)17(22)19-9-3-4-14-23-16-7-5-15(18)6-8-16/h5-8H,2-4,9-14H2,1H3,(H,19,22). The molecule has 0 aromatic heterocycles. The van der Waals surface area contributed by atoms with Gasteiger partial charge in [-0.1, -0.05) is 18.5 Å². The van der Waals surface area contributed by atoms with Crippen molar-refractivity contribution in [2.24, 2.45) is 0 Å². The van der Waals surface area contributed by atoms with Crippen LogP contribution in [0.1, 0.15) is 19.8 Å². The number of hydrogen-bond donors (Lipinski definition) is 1. The maximum absolute atomic E-state index is 12.0. The molecule has 128 valence electrons. The Morgan fingerprint density at radius 3 is 2.52 bits per heavy atom. The molecule has 0 atom stereocenters. The number of unbranched alkanes of at least 4 members (excludes halogenated alkanes) is 1. The number of urea groups is 1. The number of nitrogens with zero attached hydrogens (tertiary/aromatic N) is 2. The van der Waals surface area contributed by atoms with Crippen LogP contribution in [0.15, 0.2) is 24.3 Å². The van der Waals surface area contributed by atoms with Gasteiger partial charge in [-0.3, -0.25) is 0 Å². The molecular weight excluding hydrogens is 314 g/mol. The molecule has 5 nitrogen and oxygen atoms in total. The van der Waals surface area contributed by atoms with Crippen LogP contribution in [0.5, 0.6) is 5.75 Å². The van der Waals surface area contributed by atoms with Crippen LogP contribution < -0.4 is 10.1 Å². The molecule has 0 radical (unpaired) electrons. The summed E-state index contributed by atoms with van der Waals surface area (Å²) in [6.07, 6.45) is 1.82. The van der Waals surface area contributed by atoms with Gasteiger partial charge in [-0.25, -0.2) is 4.79 Å². The number of likely N-dealkylation sites (N-methyl/N-ethyl adjacent to an activating group) is 1. The third-order valence-electron chi connectivity index (χ3n) is 4.04. The Labute approximate surface area is 143 Å². The Balaban J connectivity index is 1.52. The summed E-state index contributed by atoms with van der Waals surface area (Å²) in [6, 6.07) is 7.41. The predicted molar refractivity (Wildman–Crippen MR) is 93.3 cm³/mol. The number of piperazine rings is 1. The van der Waals surface area contributed by atoms with Crippen LogP contribution in [-0.4, -0.2) is 61.7 Å². The first-order valence-corrected chi connectivity index (χ1v) is 8.70. The van der Waals surface area contributed by atoms with E-state index in [-0.39, 0.29) is 6.03 Å². The molecule has 1 aromatic carbocycles. The SMILES string of the molecule is CCN1CCN(C(=O)NCCCCOc2ccc(Cl)cc2)CC1. The van der Waals surface area contributed by atoms with E-state index in [1.54, 1.807) is 0 Å². The van der Waals surface area contributed by atoms with Crippen molar-refractivity contribution in [1.29, 1.82) is 0 Å². The maximum Gasteiger partial charge on any atom is 0.317 e. The number of ether oxygens (including phenoxy) is 1. The number of carbonyl (C=O) groups excluding carboxylic acids is 1. The summed E-state index contributed by atoms with van der Waals surface area (Å²) in [5.74, 6) is 0.826. The molecule has 1 fully saturated rings. The second-order valence-electron chi connectivity index (χ2n) is 5.66. The molecule has 0 bridgehead atoms. The molecule has 2 rings (SSSR count). The van der Waals surface area contributed by atoms with E-state index in [1.807, 2.05) is 29.2 Å². The second-order valence-corrected chi connectivity index (χ2v) is 6.10. The number of halogens is 1. The molecule has 0 saturated carbocycles. The smallest absolute Gasteiger partial charge is 0.317 e. The third-order valence-corrected chi connectivity index (χ3v) is 4.29. The first-order chi connectivity index (χ1) is 11.2. The summed E-state index contributed by atoms with van der Waals surface area (Å²) in [5, 5.41) is 3.70. The normalized spacial score (nSPS) is 15.5. The highest BCUT2D eigenvalue weighted by Gasteiger charge is 2.19. The summed E-state index contributed by atoms with van der Waals surface area (Å²) < 4.78 is 5.62. The van der Waals surface area contributed by atoms with Crippen LogP contribution in [0.4, 0.5) is 4.79 Å². The van der Waals surface area contributed by atoms with Gasteiger partial charge in [0, 0.05) is 37.7 Å². The topological polar surface area (TPSA) is 44.8 Å². The zero-order chi connectivity index (χ0) is 16.5. The van der Waals surface area contributed by atoms with Gasteiger partial charge in [-0.2, -0.15) is 0 Å². The lowest BCUT2D eigenvalue weighted by molar-refractivity contribution is 0.143. The molecule has 1 aliphatic rings. The van der Waals surface area contributed by atoms with Crippen molar-refractivity contribution in [1.82, 2.24) is 15.1 Å². The van der Waals surface area contributed by atoms with E-state index >= 15 is 0 Å². The Hall–Kier alpha value is -1.46. The van der Waals surface area contributed by atoms with Gasteiger partial charge in [0.25, 0.3) is 0 Å². The summed E-state index contributed by atoms with van der Waals surface area (Å²) in [4.78, 5) is 16.3. The second kappa shape index (κ2) is 9.63. The first-order valence-electron chi connectivity index (χ1n) is 8.32. The van der Waals surface area contributed by atoms with Crippen molar-refractivity contribution < 1.29 is 9.53 Å². The molecule has 0 spiro atoms. The van der Waals surface area contributed by atoms with E-state index in [0.29, 0.717) is 18.2 Å². The van der Waals surface area contributed by atoms with Gasteiger partial charge >= 0.3 is 6.03 Å². The molecular formula is C17H26ClN3O2.